The van der Waals surface area contributed by atoms with Gasteiger partial charge in [0.2, 0.25) is 0 Å². The molecule has 1 aliphatic heterocycles. The zero-order valence-electron chi connectivity index (χ0n) is 7.79. The van der Waals surface area contributed by atoms with Crippen molar-refractivity contribution >= 4 is 29.7 Å². The number of nitrogens with one attached hydrogen (secondary N) is 1. The van der Waals surface area contributed by atoms with Crippen molar-refractivity contribution in [3.8, 4) is 0 Å². The molecule has 0 aromatic rings. The lowest BCUT2D eigenvalue weighted by Gasteiger charge is -2.26. The number of hydrogen-bond donors (Lipinski definition) is 2. The van der Waals surface area contributed by atoms with Gasteiger partial charge in [0.05, 0.1) is 0 Å². The second kappa shape index (κ2) is 7.35. The molecule has 13 heavy (non-hydrogen) atoms. The molecule has 1 fully saturated rings. The molecule has 5 heteroatoms. The highest BCUT2D eigenvalue weighted by molar-refractivity contribution is 7.80. The first-order chi connectivity index (χ1) is 5.79. The molecule has 1 aliphatic rings. The van der Waals surface area contributed by atoms with Gasteiger partial charge in [-0.25, -0.2) is 0 Å². The molecule has 0 aromatic heterocycles. The molecule has 0 atom stereocenters. The Kier molecular flexibility index (Phi) is 7.32. The summed E-state index contributed by atoms with van der Waals surface area (Å²) < 4.78 is 0. The van der Waals surface area contributed by atoms with Crippen molar-refractivity contribution in [1.82, 2.24) is 10.2 Å². The monoisotopic (exact) mass is 223 g/mol. The zero-order valence-corrected chi connectivity index (χ0v) is 9.42. The third kappa shape index (κ3) is 6.07. The molecule has 3 N–H and O–H groups in total. The second-order valence-electron chi connectivity index (χ2n) is 3.19. The predicted molar refractivity (Wildman–Crippen MR) is 62.3 cm³/mol. The van der Waals surface area contributed by atoms with Gasteiger partial charge in [0.15, 0.2) is 5.11 Å². The molecular formula is C8H18ClN3S. The van der Waals surface area contributed by atoms with Crippen LogP contribution in [0.15, 0.2) is 0 Å². The van der Waals surface area contributed by atoms with Crippen LogP contribution in [0.4, 0.5) is 0 Å². The molecule has 0 unspecified atom stereocenters. The summed E-state index contributed by atoms with van der Waals surface area (Å²) >= 11 is 4.71. The third-order valence-corrected chi connectivity index (χ3v) is 2.32. The van der Waals surface area contributed by atoms with Crippen LogP contribution in [0, 0.1) is 0 Å². The van der Waals surface area contributed by atoms with Crippen LogP contribution < -0.4 is 11.1 Å². The standard InChI is InChI=1S/C8H17N3S.ClH/c9-8(12)10-4-7-11-5-2-1-3-6-11;/h1-7H2,(H3,9,10,12);1H. The summed E-state index contributed by atoms with van der Waals surface area (Å²) in [5, 5.41) is 3.37. The van der Waals surface area contributed by atoms with Gasteiger partial charge in [-0.05, 0) is 38.1 Å². The van der Waals surface area contributed by atoms with Crippen LogP contribution in [0.3, 0.4) is 0 Å². The van der Waals surface area contributed by atoms with E-state index in [1.807, 2.05) is 0 Å². The van der Waals surface area contributed by atoms with Crippen molar-refractivity contribution in [2.45, 2.75) is 19.3 Å². The largest absolute Gasteiger partial charge is 0.376 e. The molecule has 0 radical (unpaired) electrons. The lowest BCUT2D eigenvalue weighted by molar-refractivity contribution is 0.232. The van der Waals surface area contributed by atoms with E-state index in [-0.39, 0.29) is 12.4 Å². The van der Waals surface area contributed by atoms with Crippen LogP contribution in [0.5, 0.6) is 0 Å². The van der Waals surface area contributed by atoms with E-state index in [4.69, 9.17) is 18.0 Å². The topological polar surface area (TPSA) is 41.3 Å². The van der Waals surface area contributed by atoms with Gasteiger partial charge in [0, 0.05) is 13.1 Å². The zero-order chi connectivity index (χ0) is 8.81. The Hall–Kier alpha value is -0.0600. The van der Waals surface area contributed by atoms with E-state index in [2.05, 4.69) is 10.2 Å². The SMILES string of the molecule is Cl.NC(=S)NCCN1CCCCC1. The molecule has 0 aromatic carbocycles. The normalized spacial score (nSPS) is 17.5. The quantitative estimate of drug-likeness (QED) is 0.693. The number of rotatable bonds is 3. The first kappa shape index (κ1) is 12.9. The molecule has 0 amide bonds. The van der Waals surface area contributed by atoms with Gasteiger partial charge in [-0.1, -0.05) is 6.42 Å². The number of thiocarbonyl (C=S) groups is 1. The highest BCUT2D eigenvalue weighted by Crippen LogP contribution is 2.06. The van der Waals surface area contributed by atoms with Crippen LogP contribution in [-0.4, -0.2) is 36.2 Å². The average Bonchev–Trinajstić information content (AvgIpc) is 2.05. The fourth-order valence-electron chi connectivity index (χ4n) is 1.52. The molecule has 1 rings (SSSR count). The van der Waals surface area contributed by atoms with E-state index in [9.17, 15) is 0 Å². The van der Waals surface area contributed by atoms with Crippen molar-refractivity contribution in [3.05, 3.63) is 0 Å². The number of hydrogen-bond acceptors (Lipinski definition) is 2. The van der Waals surface area contributed by atoms with Gasteiger partial charge in [0.1, 0.15) is 0 Å². The molecule has 1 saturated heterocycles. The minimum Gasteiger partial charge on any atom is -0.376 e. The molecule has 3 nitrogen and oxygen atoms in total. The molecule has 78 valence electrons. The van der Waals surface area contributed by atoms with E-state index in [1.165, 1.54) is 32.4 Å². The Morgan fingerprint density at radius 3 is 2.46 bits per heavy atom. The van der Waals surface area contributed by atoms with Crippen molar-refractivity contribution < 1.29 is 0 Å². The molecule has 0 aliphatic carbocycles. The minimum atomic E-state index is 0. The summed E-state index contributed by atoms with van der Waals surface area (Å²) in [5.74, 6) is 0. The molecular weight excluding hydrogens is 206 g/mol. The van der Waals surface area contributed by atoms with Crippen LogP contribution in [0.1, 0.15) is 19.3 Å². The highest BCUT2D eigenvalue weighted by Gasteiger charge is 2.08. The predicted octanol–water partition coefficient (Wildman–Crippen LogP) is 0.727. The molecule has 0 spiro atoms. The Labute approximate surface area is 91.4 Å². The lowest BCUT2D eigenvalue weighted by atomic mass is 10.1. The van der Waals surface area contributed by atoms with Gasteiger partial charge >= 0.3 is 0 Å². The Morgan fingerprint density at radius 1 is 1.31 bits per heavy atom. The van der Waals surface area contributed by atoms with E-state index in [1.54, 1.807) is 0 Å². The molecule has 0 saturated carbocycles. The number of piperidine rings is 1. The number of nitrogens with zero attached hydrogens (tertiary/aromatic N) is 1. The van der Waals surface area contributed by atoms with Crippen molar-refractivity contribution in [2.75, 3.05) is 26.2 Å². The van der Waals surface area contributed by atoms with Gasteiger partial charge in [-0.3, -0.25) is 0 Å². The maximum absolute atomic E-state index is 5.31. The Balaban J connectivity index is 0.00000144. The van der Waals surface area contributed by atoms with Crippen LogP contribution in [0.2, 0.25) is 0 Å². The van der Waals surface area contributed by atoms with E-state index < -0.39 is 0 Å². The minimum absolute atomic E-state index is 0. The van der Waals surface area contributed by atoms with E-state index >= 15 is 0 Å². The maximum atomic E-state index is 5.31. The second-order valence-corrected chi connectivity index (χ2v) is 3.63. The van der Waals surface area contributed by atoms with Gasteiger partial charge in [-0.15, -0.1) is 12.4 Å². The number of likely N-dealkylation sites (tertiary alicyclic amines) is 1. The van der Waals surface area contributed by atoms with Gasteiger partial charge in [0.25, 0.3) is 0 Å². The Morgan fingerprint density at radius 2 is 1.92 bits per heavy atom. The Bertz CT molecular complexity index is 148. The van der Waals surface area contributed by atoms with Crippen LogP contribution in [0.25, 0.3) is 0 Å². The summed E-state index contributed by atoms with van der Waals surface area (Å²) in [7, 11) is 0. The molecule has 0 bridgehead atoms. The number of nitrogens with two attached hydrogens (primary N) is 1. The van der Waals surface area contributed by atoms with Crippen molar-refractivity contribution in [3.63, 3.8) is 0 Å². The fourth-order valence-corrected chi connectivity index (χ4v) is 1.62. The fraction of sp³-hybridized carbons (Fsp3) is 0.875. The van der Waals surface area contributed by atoms with Crippen molar-refractivity contribution in [1.29, 1.82) is 0 Å². The summed E-state index contributed by atoms with van der Waals surface area (Å²) in [6.45, 7) is 4.42. The highest BCUT2D eigenvalue weighted by atomic mass is 35.5. The third-order valence-electron chi connectivity index (χ3n) is 2.18. The van der Waals surface area contributed by atoms with E-state index in [0.717, 1.165) is 13.1 Å². The first-order valence-electron chi connectivity index (χ1n) is 4.55. The summed E-state index contributed by atoms with van der Waals surface area (Å²) in [4.78, 5) is 2.45. The summed E-state index contributed by atoms with van der Waals surface area (Å²) in [5.41, 5.74) is 5.31. The number of halogens is 1. The van der Waals surface area contributed by atoms with Gasteiger partial charge in [-0.2, -0.15) is 0 Å². The molecule has 1 heterocycles. The summed E-state index contributed by atoms with van der Waals surface area (Å²) in [6.07, 6.45) is 4.07. The van der Waals surface area contributed by atoms with E-state index in [0.29, 0.717) is 5.11 Å². The smallest absolute Gasteiger partial charge is 0.163 e. The lowest BCUT2D eigenvalue weighted by Crippen LogP contribution is -2.39. The van der Waals surface area contributed by atoms with Crippen LogP contribution >= 0.6 is 24.6 Å². The van der Waals surface area contributed by atoms with Gasteiger partial charge < -0.3 is 16.0 Å². The van der Waals surface area contributed by atoms with Crippen LogP contribution in [-0.2, 0) is 0 Å². The average molecular weight is 224 g/mol. The van der Waals surface area contributed by atoms with Crippen molar-refractivity contribution in [2.24, 2.45) is 5.73 Å². The summed E-state index contributed by atoms with van der Waals surface area (Å²) in [6, 6.07) is 0. The maximum Gasteiger partial charge on any atom is 0.163 e. The first-order valence-corrected chi connectivity index (χ1v) is 4.95.